The molecular formula is C9H18N2S. The van der Waals surface area contributed by atoms with Crippen molar-refractivity contribution in [3.63, 3.8) is 0 Å². The van der Waals surface area contributed by atoms with E-state index in [4.69, 9.17) is 0 Å². The Morgan fingerprint density at radius 3 is 1.42 bits per heavy atom. The summed E-state index contributed by atoms with van der Waals surface area (Å²) < 4.78 is 0. The number of hydrogen-bond acceptors (Lipinski definition) is 3. The molecule has 2 saturated heterocycles. The third-order valence-electron chi connectivity index (χ3n) is 2.93. The van der Waals surface area contributed by atoms with Gasteiger partial charge in [-0.1, -0.05) is 0 Å². The average Bonchev–Trinajstić information content (AvgIpc) is 2.77. The molecular weight excluding hydrogens is 168 g/mol. The molecule has 0 N–H and O–H groups in total. The van der Waals surface area contributed by atoms with E-state index in [-0.39, 0.29) is 0 Å². The fourth-order valence-electron chi connectivity index (χ4n) is 2.18. The third kappa shape index (κ3) is 1.78. The van der Waals surface area contributed by atoms with Crippen LogP contribution in [0.3, 0.4) is 0 Å². The van der Waals surface area contributed by atoms with Crippen LogP contribution >= 0.6 is 12.6 Å². The number of hydrogen-bond donors (Lipinski definition) is 1. The molecule has 2 aliphatic heterocycles. The molecule has 0 radical (unpaired) electrons. The van der Waals surface area contributed by atoms with E-state index in [2.05, 4.69) is 22.4 Å². The summed E-state index contributed by atoms with van der Waals surface area (Å²) in [4.78, 5) is 4.99. The first kappa shape index (κ1) is 8.85. The molecule has 2 rings (SSSR count). The van der Waals surface area contributed by atoms with Crippen molar-refractivity contribution in [3.05, 3.63) is 0 Å². The zero-order valence-electron chi connectivity index (χ0n) is 7.58. The van der Waals surface area contributed by atoms with Crippen molar-refractivity contribution >= 4 is 12.6 Å². The van der Waals surface area contributed by atoms with Gasteiger partial charge in [0.05, 0.1) is 0 Å². The molecule has 3 heteroatoms. The second-order valence-corrected chi connectivity index (χ2v) is 4.29. The molecule has 0 aromatic carbocycles. The lowest BCUT2D eigenvalue weighted by Gasteiger charge is -2.30. The fraction of sp³-hybridized carbons (Fsp3) is 1.00. The zero-order chi connectivity index (χ0) is 8.39. The highest BCUT2D eigenvalue weighted by molar-refractivity contribution is 7.80. The zero-order valence-corrected chi connectivity index (χ0v) is 8.47. The van der Waals surface area contributed by atoms with Crippen LogP contribution in [0.2, 0.25) is 0 Å². The van der Waals surface area contributed by atoms with Gasteiger partial charge in [0, 0.05) is 26.2 Å². The van der Waals surface area contributed by atoms with E-state index in [1.807, 2.05) is 0 Å². The second kappa shape index (κ2) is 3.99. The Balaban J connectivity index is 1.84. The molecule has 0 saturated carbocycles. The summed E-state index contributed by atoms with van der Waals surface area (Å²) in [5.41, 5.74) is 0.412. The Labute approximate surface area is 80.3 Å². The van der Waals surface area contributed by atoms with Gasteiger partial charge in [-0.2, -0.15) is 0 Å². The second-order valence-electron chi connectivity index (χ2n) is 3.83. The topological polar surface area (TPSA) is 6.48 Å². The highest BCUT2D eigenvalue weighted by Gasteiger charge is 2.25. The van der Waals surface area contributed by atoms with Crippen LogP contribution < -0.4 is 0 Å². The normalized spacial score (nSPS) is 27.5. The van der Waals surface area contributed by atoms with E-state index >= 15 is 0 Å². The van der Waals surface area contributed by atoms with E-state index in [0.717, 1.165) is 0 Å². The summed E-state index contributed by atoms with van der Waals surface area (Å²) in [6, 6.07) is 0. The van der Waals surface area contributed by atoms with Crippen LogP contribution in [0.1, 0.15) is 25.7 Å². The summed E-state index contributed by atoms with van der Waals surface area (Å²) in [5.74, 6) is 0. The monoisotopic (exact) mass is 186 g/mol. The lowest BCUT2D eigenvalue weighted by atomic mass is 10.4. The van der Waals surface area contributed by atoms with Crippen LogP contribution in [-0.4, -0.2) is 41.5 Å². The predicted octanol–water partition coefficient (Wildman–Crippen LogP) is 1.39. The van der Waals surface area contributed by atoms with Gasteiger partial charge in [-0.25, -0.2) is 0 Å². The minimum absolute atomic E-state index is 0.412. The van der Waals surface area contributed by atoms with Gasteiger partial charge < -0.3 is 0 Å². The number of likely N-dealkylation sites (tertiary alicyclic amines) is 2. The van der Waals surface area contributed by atoms with Crippen LogP contribution in [-0.2, 0) is 0 Å². The van der Waals surface area contributed by atoms with Crippen molar-refractivity contribution in [2.24, 2.45) is 0 Å². The van der Waals surface area contributed by atoms with E-state index < -0.39 is 0 Å². The molecule has 0 aromatic rings. The van der Waals surface area contributed by atoms with Gasteiger partial charge in [0.15, 0.2) is 0 Å². The molecule has 2 nitrogen and oxygen atoms in total. The molecule has 2 fully saturated rings. The van der Waals surface area contributed by atoms with Crippen LogP contribution in [0, 0.1) is 0 Å². The maximum Gasteiger partial charge on any atom is 0.108 e. The van der Waals surface area contributed by atoms with Gasteiger partial charge >= 0.3 is 0 Å². The fourth-order valence-corrected chi connectivity index (χ4v) is 2.64. The SMILES string of the molecule is SC(N1CCCC1)N1CCCC1. The molecule has 0 spiro atoms. The van der Waals surface area contributed by atoms with E-state index in [1.54, 1.807) is 0 Å². The van der Waals surface area contributed by atoms with Gasteiger partial charge in [-0.3, -0.25) is 9.80 Å². The third-order valence-corrected chi connectivity index (χ3v) is 3.59. The maximum absolute atomic E-state index is 4.67. The molecule has 0 amide bonds. The molecule has 0 aromatic heterocycles. The summed E-state index contributed by atoms with van der Waals surface area (Å²) in [5, 5.41) is 0. The molecule has 70 valence electrons. The van der Waals surface area contributed by atoms with E-state index in [0.29, 0.717) is 5.50 Å². The Bertz CT molecular complexity index is 123. The Kier molecular flexibility index (Phi) is 2.94. The molecule has 0 aliphatic carbocycles. The molecule has 0 atom stereocenters. The van der Waals surface area contributed by atoms with Gasteiger partial charge in [-0.15, -0.1) is 12.6 Å². The molecule has 0 unspecified atom stereocenters. The first-order chi connectivity index (χ1) is 5.88. The highest BCUT2D eigenvalue weighted by atomic mass is 32.1. The lowest BCUT2D eigenvalue weighted by molar-refractivity contribution is 0.153. The maximum atomic E-state index is 4.67. The van der Waals surface area contributed by atoms with Crippen LogP contribution in [0.4, 0.5) is 0 Å². The van der Waals surface area contributed by atoms with Crippen LogP contribution in [0.15, 0.2) is 0 Å². The number of nitrogens with zero attached hydrogens (tertiary/aromatic N) is 2. The molecule has 0 bridgehead atoms. The molecule has 2 heterocycles. The predicted molar refractivity (Wildman–Crippen MR) is 54.4 cm³/mol. The Hall–Kier alpha value is 0.270. The van der Waals surface area contributed by atoms with Crippen molar-refractivity contribution in [2.45, 2.75) is 31.2 Å². The summed E-state index contributed by atoms with van der Waals surface area (Å²) in [7, 11) is 0. The Morgan fingerprint density at radius 1 is 0.750 bits per heavy atom. The van der Waals surface area contributed by atoms with Gasteiger partial charge in [0.1, 0.15) is 5.50 Å². The van der Waals surface area contributed by atoms with E-state index in [9.17, 15) is 0 Å². The number of thiol groups is 1. The highest BCUT2D eigenvalue weighted by Crippen LogP contribution is 2.21. The number of rotatable bonds is 2. The minimum atomic E-state index is 0.412. The van der Waals surface area contributed by atoms with E-state index in [1.165, 1.54) is 51.9 Å². The minimum Gasteiger partial charge on any atom is -0.280 e. The van der Waals surface area contributed by atoms with Crippen molar-refractivity contribution < 1.29 is 0 Å². The van der Waals surface area contributed by atoms with Gasteiger partial charge in [-0.05, 0) is 25.7 Å². The Morgan fingerprint density at radius 2 is 1.08 bits per heavy atom. The first-order valence-electron chi connectivity index (χ1n) is 5.04. The van der Waals surface area contributed by atoms with Crippen molar-refractivity contribution in [3.8, 4) is 0 Å². The quantitative estimate of drug-likeness (QED) is 0.651. The van der Waals surface area contributed by atoms with Gasteiger partial charge in [0.25, 0.3) is 0 Å². The first-order valence-corrected chi connectivity index (χ1v) is 5.56. The van der Waals surface area contributed by atoms with Crippen LogP contribution in [0.25, 0.3) is 0 Å². The van der Waals surface area contributed by atoms with Gasteiger partial charge in [0.2, 0.25) is 0 Å². The molecule has 2 aliphatic rings. The standard InChI is InChI=1S/C9H18N2S/c12-9(10-5-1-2-6-10)11-7-3-4-8-11/h9,12H,1-8H2. The van der Waals surface area contributed by atoms with Crippen molar-refractivity contribution in [2.75, 3.05) is 26.2 Å². The summed E-state index contributed by atoms with van der Waals surface area (Å²) in [6.45, 7) is 5.02. The summed E-state index contributed by atoms with van der Waals surface area (Å²) in [6.07, 6.45) is 5.46. The lowest BCUT2D eigenvalue weighted by Crippen LogP contribution is -2.41. The smallest absolute Gasteiger partial charge is 0.108 e. The largest absolute Gasteiger partial charge is 0.280 e. The average molecular weight is 186 g/mol. The summed E-state index contributed by atoms with van der Waals surface area (Å²) >= 11 is 4.67. The molecule has 12 heavy (non-hydrogen) atoms. The van der Waals surface area contributed by atoms with Crippen molar-refractivity contribution in [1.82, 2.24) is 9.80 Å². The van der Waals surface area contributed by atoms with Crippen molar-refractivity contribution in [1.29, 1.82) is 0 Å². The van der Waals surface area contributed by atoms with Crippen LogP contribution in [0.5, 0.6) is 0 Å².